The summed E-state index contributed by atoms with van der Waals surface area (Å²) in [5.41, 5.74) is 18.4. The Morgan fingerprint density at radius 3 is 1.75 bits per heavy atom. The Kier molecular flexibility index (Phi) is 5.88. The summed E-state index contributed by atoms with van der Waals surface area (Å²) in [4.78, 5) is 0. The highest BCUT2D eigenvalue weighted by Gasteiger charge is 2.43. The van der Waals surface area contributed by atoms with E-state index in [0.717, 1.165) is 0 Å². The van der Waals surface area contributed by atoms with E-state index in [1.165, 1.54) is 115 Å². The van der Waals surface area contributed by atoms with Crippen LogP contribution in [-0.2, 0) is 10.8 Å². The van der Waals surface area contributed by atoms with Crippen LogP contribution < -0.4 is 0 Å². The molecule has 0 aliphatic heterocycles. The van der Waals surface area contributed by atoms with Crippen LogP contribution in [0.4, 0.5) is 0 Å². The lowest BCUT2D eigenvalue weighted by molar-refractivity contribution is 0.353. The Balaban J connectivity index is 1.24. The van der Waals surface area contributed by atoms with Crippen molar-refractivity contribution < 1.29 is 0 Å². The van der Waals surface area contributed by atoms with Gasteiger partial charge in [-0.2, -0.15) is 0 Å². The van der Waals surface area contributed by atoms with E-state index in [1.807, 2.05) is 0 Å². The number of benzene rings is 7. The zero-order valence-electron chi connectivity index (χ0n) is 28.2. The van der Waals surface area contributed by atoms with Crippen molar-refractivity contribution >= 4 is 21.5 Å². The van der Waals surface area contributed by atoms with E-state index in [1.54, 1.807) is 11.1 Å². The minimum atomic E-state index is -0.00202. The molecule has 0 heteroatoms. The van der Waals surface area contributed by atoms with E-state index in [-0.39, 0.29) is 10.8 Å². The molecule has 3 aliphatic carbocycles. The maximum absolute atomic E-state index is 2.59. The van der Waals surface area contributed by atoms with Crippen LogP contribution in [-0.4, -0.2) is 0 Å². The van der Waals surface area contributed by atoms with Crippen LogP contribution in [0.3, 0.4) is 0 Å². The highest BCUT2D eigenvalue weighted by atomic mass is 14.5. The summed E-state index contributed by atoms with van der Waals surface area (Å²) >= 11 is 0. The maximum Gasteiger partial charge on any atom is 0.0215 e. The van der Waals surface area contributed by atoms with Gasteiger partial charge in [-0.15, -0.1) is 0 Å². The van der Waals surface area contributed by atoms with Crippen molar-refractivity contribution in [1.82, 2.24) is 0 Å². The number of hydrogen-bond acceptors (Lipinski definition) is 0. The first-order valence-corrected chi connectivity index (χ1v) is 17.9. The predicted molar refractivity (Wildman–Crippen MR) is 204 cm³/mol. The third-order valence-corrected chi connectivity index (χ3v) is 12.3. The zero-order chi connectivity index (χ0) is 32.2. The third kappa shape index (κ3) is 3.72. The average molecular weight is 617 g/mol. The number of aryl methyl sites for hydroxylation is 1. The number of hydrogen-bond donors (Lipinski definition) is 0. The Morgan fingerprint density at radius 2 is 0.979 bits per heavy atom. The van der Waals surface area contributed by atoms with Gasteiger partial charge in [0.05, 0.1) is 0 Å². The Hall–Kier alpha value is -4.94. The Labute approximate surface area is 284 Å². The Morgan fingerprint density at radius 1 is 0.417 bits per heavy atom. The smallest absolute Gasteiger partial charge is 0.0215 e. The fourth-order valence-electron chi connectivity index (χ4n) is 10.1. The molecule has 0 nitrogen and oxygen atoms in total. The van der Waals surface area contributed by atoms with Gasteiger partial charge in [-0.3, -0.25) is 0 Å². The third-order valence-electron chi connectivity index (χ3n) is 12.3. The summed E-state index contributed by atoms with van der Waals surface area (Å²) in [5, 5.41) is 5.33. The van der Waals surface area contributed by atoms with Crippen molar-refractivity contribution in [2.24, 2.45) is 0 Å². The molecule has 0 radical (unpaired) electrons. The van der Waals surface area contributed by atoms with Gasteiger partial charge in [0.1, 0.15) is 0 Å². The molecule has 0 amide bonds. The second-order valence-corrected chi connectivity index (χ2v) is 15.2. The van der Waals surface area contributed by atoms with Crippen molar-refractivity contribution in [2.75, 3.05) is 0 Å². The second kappa shape index (κ2) is 10.0. The van der Waals surface area contributed by atoms with Crippen LogP contribution in [0.25, 0.3) is 66.1 Å². The van der Waals surface area contributed by atoms with Crippen LogP contribution in [0.1, 0.15) is 73.8 Å². The van der Waals surface area contributed by atoms with Crippen molar-refractivity contribution in [2.45, 2.75) is 63.7 Å². The molecule has 0 unspecified atom stereocenters. The van der Waals surface area contributed by atoms with E-state index >= 15 is 0 Å². The van der Waals surface area contributed by atoms with Gasteiger partial charge in [0, 0.05) is 10.8 Å². The molecule has 48 heavy (non-hydrogen) atoms. The summed E-state index contributed by atoms with van der Waals surface area (Å²) in [6, 6.07) is 49.2. The molecule has 0 atom stereocenters. The van der Waals surface area contributed by atoms with Crippen LogP contribution >= 0.6 is 0 Å². The summed E-state index contributed by atoms with van der Waals surface area (Å²) in [5.74, 6) is 0. The lowest BCUT2D eigenvalue weighted by Crippen LogP contribution is -2.28. The Bertz CT molecular complexity index is 2460. The topological polar surface area (TPSA) is 0 Å². The van der Waals surface area contributed by atoms with Gasteiger partial charge in [-0.05, 0) is 120 Å². The first-order chi connectivity index (χ1) is 23.5. The summed E-state index contributed by atoms with van der Waals surface area (Å²) in [7, 11) is 0. The van der Waals surface area contributed by atoms with Gasteiger partial charge in [0.15, 0.2) is 0 Å². The van der Waals surface area contributed by atoms with Crippen molar-refractivity contribution in [1.29, 1.82) is 0 Å². The van der Waals surface area contributed by atoms with Crippen molar-refractivity contribution in [3.63, 3.8) is 0 Å². The zero-order valence-corrected chi connectivity index (χ0v) is 28.2. The molecule has 10 rings (SSSR count). The molecule has 7 aromatic rings. The largest absolute Gasteiger partial charge is 0.0619 e. The predicted octanol–water partition coefficient (Wildman–Crippen LogP) is 13.2. The van der Waals surface area contributed by atoms with E-state index in [0.29, 0.717) is 0 Å². The van der Waals surface area contributed by atoms with Crippen LogP contribution in [0.2, 0.25) is 0 Å². The van der Waals surface area contributed by atoms with Gasteiger partial charge < -0.3 is 0 Å². The van der Waals surface area contributed by atoms with Gasteiger partial charge in [0.2, 0.25) is 0 Å². The van der Waals surface area contributed by atoms with E-state index in [4.69, 9.17) is 0 Å². The van der Waals surface area contributed by atoms with Crippen LogP contribution in [0.5, 0.6) is 0 Å². The molecule has 1 spiro atoms. The molecular formula is C48H40. The quantitative estimate of drug-likeness (QED) is 0.170. The molecule has 3 aliphatic rings. The first-order valence-electron chi connectivity index (χ1n) is 17.9. The molecule has 1 fully saturated rings. The highest BCUT2D eigenvalue weighted by molar-refractivity contribution is 6.21. The number of rotatable bonds is 2. The van der Waals surface area contributed by atoms with E-state index in [2.05, 4.69) is 148 Å². The van der Waals surface area contributed by atoms with Crippen molar-refractivity contribution in [3.05, 3.63) is 155 Å². The van der Waals surface area contributed by atoms with Crippen LogP contribution in [0, 0.1) is 6.92 Å². The highest BCUT2D eigenvalue weighted by Crippen LogP contribution is 2.57. The fraction of sp³-hybridized carbons (Fsp3) is 0.208. The first kappa shape index (κ1) is 28.1. The normalized spacial score (nSPS) is 16.6. The van der Waals surface area contributed by atoms with E-state index in [9.17, 15) is 0 Å². The van der Waals surface area contributed by atoms with Crippen molar-refractivity contribution in [3.8, 4) is 44.5 Å². The molecule has 1 saturated carbocycles. The molecule has 232 valence electrons. The summed E-state index contributed by atoms with van der Waals surface area (Å²) < 4.78 is 0. The monoisotopic (exact) mass is 616 g/mol. The van der Waals surface area contributed by atoms with E-state index < -0.39 is 0 Å². The maximum atomic E-state index is 2.59. The van der Waals surface area contributed by atoms with Gasteiger partial charge in [-0.1, -0.05) is 154 Å². The summed E-state index contributed by atoms with van der Waals surface area (Å²) in [6.07, 6.45) is 6.46. The lowest BCUT2D eigenvalue weighted by Gasteiger charge is -2.36. The molecule has 0 N–H and O–H groups in total. The molecule has 7 aromatic carbocycles. The second-order valence-electron chi connectivity index (χ2n) is 15.2. The van der Waals surface area contributed by atoms with Gasteiger partial charge in [-0.25, -0.2) is 0 Å². The van der Waals surface area contributed by atoms with Crippen LogP contribution in [0.15, 0.2) is 127 Å². The minimum Gasteiger partial charge on any atom is -0.0619 e. The molecule has 0 heterocycles. The lowest BCUT2D eigenvalue weighted by atomic mass is 9.67. The summed E-state index contributed by atoms with van der Waals surface area (Å²) in [6.45, 7) is 6.97. The molecular weight excluding hydrogens is 577 g/mol. The molecule has 0 aromatic heterocycles. The minimum absolute atomic E-state index is 0.00202. The molecule has 0 bridgehead atoms. The average Bonchev–Trinajstić information content (AvgIpc) is 3.51. The molecule has 0 saturated heterocycles. The van der Waals surface area contributed by atoms with Gasteiger partial charge in [0.25, 0.3) is 0 Å². The number of fused-ring (bicyclic) bond motifs is 10. The van der Waals surface area contributed by atoms with Gasteiger partial charge >= 0.3 is 0 Å². The SMILES string of the molecule is Cc1ccc2c(-c3ccc4c(c3)C3(CCCCC3)c3ccccc3-4)c3ccccc3c(-c3ccc4c(c3)-c3ccccc3C4(C)C)c2c1. The fourth-order valence-corrected chi connectivity index (χ4v) is 10.1. The standard InChI is InChI=1S/C48H40/c1-30-19-22-38-40(27-30)46(31-21-24-42-39(28-31)34-14-7-9-17-41(34)47(42,2)3)37-16-6-5-15-36(37)45(38)32-20-23-35-33-13-8-10-18-43(33)48(44(35)29-32)25-11-4-12-26-48/h5-10,13-24,27-29H,4,11-12,25-26H2,1-3H3.